The molecule has 2 nitrogen and oxygen atoms in total. The number of nitrogens with zero attached hydrogens (tertiary/aromatic N) is 1. The quantitative estimate of drug-likeness (QED) is 0.718. The number of hydrogen-bond acceptors (Lipinski definition) is 1. The van der Waals surface area contributed by atoms with Gasteiger partial charge in [0.05, 0.1) is 0 Å². The highest BCUT2D eigenvalue weighted by molar-refractivity contribution is 5.76. The molecule has 2 saturated carbocycles. The first-order chi connectivity index (χ1) is 8.27. The predicted molar refractivity (Wildman–Crippen MR) is 68.7 cm³/mol. The van der Waals surface area contributed by atoms with E-state index >= 15 is 0 Å². The summed E-state index contributed by atoms with van der Waals surface area (Å²) in [5.41, 5.74) is 0.535. The van der Waals surface area contributed by atoms with Crippen LogP contribution in [0.25, 0.3) is 0 Å². The topological polar surface area (TPSA) is 20.3 Å². The van der Waals surface area contributed by atoms with Crippen molar-refractivity contribution >= 4 is 5.91 Å². The van der Waals surface area contributed by atoms with Crippen molar-refractivity contribution in [3.05, 3.63) is 0 Å². The molecule has 0 bridgehead atoms. The van der Waals surface area contributed by atoms with E-state index in [0.29, 0.717) is 11.3 Å². The largest absolute Gasteiger partial charge is 0.342 e. The zero-order valence-electron chi connectivity index (χ0n) is 10.9. The Balaban J connectivity index is 1.56. The van der Waals surface area contributed by atoms with Crippen molar-refractivity contribution in [3.8, 4) is 0 Å². The Hall–Kier alpha value is -0.530. The molecule has 1 spiro atoms. The first-order valence-corrected chi connectivity index (χ1v) is 7.55. The summed E-state index contributed by atoms with van der Waals surface area (Å²) in [5, 5.41) is 0. The molecule has 3 aliphatic rings. The second-order valence-corrected chi connectivity index (χ2v) is 6.63. The molecule has 3 fully saturated rings. The Morgan fingerprint density at radius 1 is 1.06 bits per heavy atom. The maximum absolute atomic E-state index is 12.3. The number of likely N-dealkylation sites (tertiary alicyclic amines) is 1. The van der Waals surface area contributed by atoms with E-state index in [9.17, 15) is 4.79 Å². The Bertz CT molecular complexity index is 289. The fourth-order valence-corrected chi connectivity index (χ4v) is 4.03. The fraction of sp³-hybridized carbons (Fsp3) is 0.933. The van der Waals surface area contributed by atoms with Crippen LogP contribution in [0, 0.1) is 11.3 Å². The number of carbonyl (C=O) groups is 1. The summed E-state index contributed by atoms with van der Waals surface area (Å²) in [7, 11) is 0. The van der Waals surface area contributed by atoms with Crippen molar-refractivity contribution in [1.82, 2.24) is 4.90 Å². The first kappa shape index (κ1) is 11.6. The third-order valence-electron chi connectivity index (χ3n) is 5.37. The van der Waals surface area contributed by atoms with Crippen LogP contribution in [-0.4, -0.2) is 23.9 Å². The Morgan fingerprint density at radius 3 is 2.41 bits per heavy atom. The minimum absolute atomic E-state index is 0.459. The zero-order valence-corrected chi connectivity index (χ0v) is 10.9. The molecular formula is C15H25NO. The maximum atomic E-state index is 12.3. The highest BCUT2D eigenvalue weighted by Crippen LogP contribution is 2.45. The average molecular weight is 235 g/mol. The lowest BCUT2D eigenvalue weighted by Gasteiger charge is -2.41. The van der Waals surface area contributed by atoms with Crippen LogP contribution in [0.15, 0.2) is 0 Å². The van der Waals surface area contributed by atoms with Gasteiger partial charge in [0.2, 0.25) is 5.91 Å². The molecule has 0 aromatic heterocycles. The van der Waals surface area contributed by atoms with Crippen molar-refractivity contribution in [2.24, 2.45) is 11.3 Å². The summed E-state index contributed by atoms with van der Waals surface area (Å²) in [6, 6.07) is 0. The number of amides is 1. The number of piperidine rings is 1. The highest BCUT2D eigenvalue weighted by atomic mass is 16.2. The lowest BCUT2D eigenvalue weighted by Crippen LogP contribution is -2.45. The van der Waals surface area contributed by atoms with E-state index in [4.69, 9.17) is 0 Å². The van der Waals surface area contributed by atoms with Crippen molar-refractivity contribution in [2.45, 2.75) is 64.2 Å². The van der Waals surface area contributed by atoms with Crippen LogP contribution in [0.4, 0.5) is 0 Å². The Morgan fingerprint density at radius 2 is 1.76 bits per heavy atom. The van der Waals surface area contributed by atoms with E-state index in [-0.39, 0.29) is 0 Å². The monoisotopic (exact) mass is 235 g/mol. The van der Waals surface area contributed by atoms with Gasteiger partial charge in [0.25, 0.3) is 0 Å². The lowest BCUT2D eigenvalue weighted by molar-refractivity contribution is -0.136. The maximum Gasteiger partial charge on any atom is 0.222 e. The summed E-state index contributed by atoms with van der Waals surface area (Å²) >= 11 is 0. The van der Waals surface area contributed by atoms with E-state index in [1.54, 1.807) is 0 Å². The molecule has 96 valence electrons. The van der Waals surface area contributed by atoms with Gasteiger partial charge in [-0.3, -0.25) is 4.79 Å². The molecule has 0 aromatic carbocycles. The van der Waals surface area contributed by atoms with Crippen molar-refractivity contribution in [1.29, 1.82) is 0 Å². The zero-order chi connectivity index (χ0) is 11.7. The lowest BCUT2D eigenvalue weighted by atomic mass is 9.77. The number of hydrogen-bond donors (Lipinski definition) is 0. The molecule has 0 N–H and O–H groups in total. The minimum atomic E-state index is 0.459. The van der Waals surface area contributed by atoms with Crippen LogP contribution in [0.1, 0.15) is 64.2 Å². The van der Waals surface area contributed by atoms with Gasteiger partial charge in [0.15, 0.2) is 0 Å². The smallest absolute Gasteiger partial charge is 0.222 e. The van der Waals surface area contributed by atoms with Crippen LogP contribution in [0.3, 0.4) is 0 Å². The Kier molecular flexibility index (Phi) is 3.14. The summed E-state index contributed by atoms with van der Waals surface area (Å²) in [6.07, 6.45) is 12.9. The van der Waals surface area contributed by atoms with Gasteiger partial charge in [-0.15, -0.1) is 0 Å². The molecule has 2 aliphatic carbocycles. The van der Waals surface area contributed by atoms with E-state index in [1.165, 1.54) is 57.8 Å². The van der Waals surface area contributed by atoms with Crippen LogP contribution >= 0.6 is 0 Å². The minimum Gasteiger partial charge on any atom is -0.342 e. The van der Waals surface area contributed by atoms with Gasteiger partial charge in [-0.1, -0.05) is 19.3 Å². The summed E-state index contributed by atoms with van der Waals surface area (Å²) in [5.74, 6) is 1.18. The SMILES string of the molecule is O=C(CC1CCC1)N1CCCC2(CCCC2)C1. The van der Waals surface area contributed by atoms with Crippen LogP contribution in [-0.2, 0) is 4.79 Å². The molecule has 2 heteroatoms. The average Bonchev–Trinajstić information content (AvgIpc) is 2.71. The molecule has 1 saturated heterocycles. The van der Waals surface area contributed by atoms with Gasteiger partial charge in [-0.05, 0) is 49.9 Å². The second-order valence-electron chi connectivity index (χ2n) is 6.63. The Labute approximate surface area is 105 Å². The van der Waals surface area contributed by atoms with E-state index < -0.39 is 0 Å². The normalized spacial score (nSPS) is 28.4. The van der Waals surface area contributed by atoms with Crippen LogP contribution in [0.2, 0.25) is 0 Å². The van der Waals surface area contributed by atoms with Gasteiger partial charge in [-0.25, -0.2) is 0 Å². The molecule has 3 rings (SSSR count). The van der Waals surface area contributed by atoms with Crippen LogP contribution < -0.4 is 0 Å². The molecule has 1 aliphatic heterocycles. The molecule has 0 atom stereocenters. The third kappa shape index (κ3) is 2.36. The van der Waals surface area contributed by atoms with Gasteiger partial charge in [-0.2, -0.15) is 0 Å². The molecule has 0 radical (unpaired) electrons. The van der Waals surface area contributed by atoms with Gasteiger partial charge in [0, 0.05) is 19.5 Å². The summed E-state index contributed by atoms with van der Waals surface area (Å²) in [4.78, 5) is 14.5. The van der Waals surface area contributed by atoms with Gasteiger partial charge < -0.3 is 4.90 Å². The first-order valence-electron chi connectivity index (χ1n) is 7.55. The molecule has 1 amide bonds. The second kappa shape index (κ2) is 4.62. The van der Waals surface area contributed by atoms with E-state index in [2.05, 4.69) is 4.90 Å². The van der Waals surface area contributed by atoms with Crippen molar-refractivity contribution in [2.75, 3.05) is 13.1 Å². The third-order valence-corrected chi connectivity index (χ3v) is 5.37. The molecule has 1 heterocycles. The number of carbonyl (C=O) groups excluding carboxylic acids is 1. The molecule has 0 unspecified atom stereocenters. The van der Waals surface area contributed by atoms with Gasteiger partial charge >= 0.3 is 0 Å². The van der Waals surface area contributed by atoms with Crippen molar-refractivity contribution in [3.63, 3.8) is 0 Å². The van der Waals surface area contributed by atoms with E-state index in [1.807, 2.05) is 0 Å². The van der Waals surface area contributed by atoms with Gasteiger partial charge in [0.1, 0.15) is 0 Å². The fourth-order valence-electron chi connectivity index (χ4n) is 4.03. The summed E-state index contributed by atoms with van der Waals surface area (Å²) < 4.78 is 0. The molecule has 17 heavy (non-hydrogen) atoms. The highest BCUT2D eigenvalue weighted by Gasteiger charge is 2.39. The predicted octanol–water partition coefficient (Wildman–Crippen LogP) is 3.36. The van der Waals surface area contributed by atoms with E-state index in [0.717, 1.165) is 25.4 Å². The van der Waals surface area contributed by atoms with Crippen LogP contribution in [0.5, 0.6) is 0 Å². The summed E-state index contributed by atoms with van der Waals surface area (Å²) in [6.45, 7) is 2.12. The van der Waals surface area contributed by atoms with Crippen molar-refractivity contribution < 1.29 is 4.79 Å². The molecule has 0 aromatic rings. The molecular weight excluding hydrogens is 210 g/mol. The number of rotatable bonds is 2. The standard InChI is InChI=1S/C15H25NO/c17-14(11-13-5-3-6-13)16-10-4-9-15(12-16)7-1-2-8-15/h13H,1-12H2.